The molecule has 1 aromatic carbocycles. The van der Waals surface area contributed by atoms with Gasteiger partial charge in [-0.3, -0.25) is 0 Å². The molecule has 0 aliphatic rings. The van der Waals surface area contributed by atoms with Crippen LogP contribution >= 0.6 is 43.6 Å². The van der Waals surface area contributed by atoms with Gasteiger partial charge in [0.15, 0.2) is 0 Å². The van der Waals surface area contributed by atoms with Crippen LogP contribution in [-0.4, -0.2) is 10.5 Å². The number of halogens is 2. The summed E-state index contributed by atoms with van der Waals surface area (Å²) in [5, 5.41) is 4.52. The monoisotopic (exact) mass is 428 g/mol. The van der Waals surface area contributed by atoms with Crippen LogP contribution in [0.25, 0.3) is 0 Å². The molecule has 0 saturated heterocycles. The zero-order chi connectivity index (χ0) is 15.5. The van der Waals surface area contributed by atoms with Crippen molar-refractivity contribution < 1.29 is 0 Å². The highest BCUT2D eigenvalue weighted by Crippen LogP contribution is 2.35. The highest BCUT2D eigenvalue weighted by atomic mass is 79.9. The summed E-state index contributed by atoms with van der Waals surface area (Å²) in [6, 6.07) is 10.3. The van der Waals surface area contributed by atoms with E-state index in [1.807, 2.05) is 18.3 Å². The van der Waals surface area contributed by atoms with Gasteiger partial charge in [-0.05, 0) is 66.5 Å². The predicted octanol–water partition coefficient (Wildman–Crippen LogP) is 5.65. The van der Waals surface area contributed by atoms with Crippen LogP contribution in [0.15, 0.2) is 55.4 Å². The summed E-state index contributed by atoms with van der Waals surface area (Å²) in [7, 11) is 0. The van der Waals surface area contributed by atoms with E-state index in [1.54, 1.807) is 11.8 Å². The molecule has 0 aliphatic carbocycles. The Kier molecular flexibility index (Phi) is 5.88. The molecule has 0 atom stereocenters. The second-order valence-corrected chi connectivity index (χ2v) is 8.55. The molecular weight excluding hydrogens is 412 g/mol. The van der Waals surface area contributed by atoms with E-state index in [2.05, 4.69) is 81.1 Å². The predicted molar refractivity (Wildman–Crippen MR) is 96.8 cm³/mol. The van der Waals surface area contributed by atoms with Gasteiger partial charge in [-0.1, -0.05) is 33.8 Å². The van der Waals surface area contributed by atoms with Crippen molar-refractivity contribution in [1.29, 1.82) is 0 Å². The summed E-state index contributed by atoms with van der Waals surface area (Å²) in [5.74, 6) is 0. The number of rotatable bonds is 4. The Bertz CT molecular complexity index is 624. The standard InChI is InChI=1S/C16H18Br2N2S/c1-16(2,3)20-10-11-6-7-12(17)9-14(11)21-15-13(18)5-4-8-19-15/h4-9,20H,10H2,1-3H3. The molecule has 1 heterocycles. The first-order chi connectivity index (χ1) is 9.85. The molecule has 2 rings (SSSR count). The number of nitrogens with zero attached hydrogens (tertiary/aromatic N) is 1. The topological polar surface area (TPSA) is 24.9 Å². The third kappa shape index (κ3) is 5.40. The first-order valence-electron chi connectivity index (χ1n) is 6.67. The molecule has 1 aromatic heterocycles. The minimum Gasteiger partial charge on any atom is -0.308 e. The lowest BCUT2D eigenvalue weighted by atomic mass is 10.1. The molecule has 1 N–H and O–H groups in total. The Hall–Kier alpha value is -0.360. The molecule has 0 aliphatic heterocycles. The average Bonchev–Trinajstić information content (AvgIpc) is 2.39. The van der Waals surface area contributed by atoms with Crippen molar-refractivity contribution in [2.45, 2.75) is 42.8 Å². The maximum absolute atomic E-state index is 4.43. The van der Waals surface area contributed by atoms with Crippen molar-refractivity contribution in [3.05, 3.63) is 51.0 Å². The zero-order valence-corrected chi connectivity index (χ0v) is 16.3. The lowest BCUT2D eigenvalue weighted by Gasteiger charge is -2.21. The molecule has 0 spiro atoms. The number of pyridine rings is 1. The Labute approximate surface area is 147 Å². The first-order valence-corrected chi connectivity index (χ1v) is 9.07. The van der Waals surface area contributed by atoms with Gasteiger partial charge >= 0.3 is 0 Å². The lowest BCUT2D eigenvalue weighted by Crippen LogP contribution is -2.35. The second kappa shape index (κ2) is 7.27. The molecule has 0 fully saturated rings. The van der Waals surface area contributed by atoms with Gasteiger partial charge in [0.1, 0.15) is 5.03 Å². The summed E-state index contributed by atoms with van der Waals surface area (Å²) in [5.41, 5.74) is 1.37. The summed E-state index contributed by atoms with van der Waals surface area (Å²) in [6.45, 7) is 7.36. The summed E-state index contributed by atoms with van der Waals surface area (Å²) >= 11 is 8.79. The van der Waals surface area contributed by atoms with Crippen LogP contribution in [-0.2, 0) is 6.54 Å². The minimum absolute atomic E-state index is 0.0978. The van der Waals surface area contributed by atoms with E-state index < -0.39 is 0 Å². The average molecular weight is 430 g/mol. The van der Waals surface area contributed by atoms with Gasteiger partial charge in [0, 0.05) is 27.6 Å². The number of hydrogen-bond acceptors (Lipinski definition) is 3. The zero-order valence-electron chi connectivity index (χ0n) is 12.3. The van der Waals surface area contributed by atoms with Gasteiger partial charge in [0.2, 0.25) is 0 Å². The van der Waals surface area contributed by atoms with Crippen LogP contribution < -0.4 is 5.32 Å². The van der Waals surface area contributed by atoms with E-state index in [0.717, 1.165) is 20.5 Å². The molecule has 2 nitrogen and oxygen atoms in total. The molecule has 112 valence electrons. The van der Waals surface area contributed by atoms with Crippen molar-refractivity contribution in [1.82, 2.24) is 10.3 Å². The number of aromatic nitrogens is 1. The van der Waals surface area contributed by atoms with Crippen molar-refractivity contribution in [3.8, 4) is 0 Å². The highest BCUT2D eigenvalue weighted by molar-refractivity contribution is 9.10. The van der Waals surface area contributed by atoms with Gasteiger partial charge in [0.25, 0.3) is 0 Å². The maximum atomic E-state index is 4.43. The van der Waals surface area contributed by atoms with Crippen molar-refractivity contribution in [3.63, 3.8) is 0 Å². The van der Waals surface area contributed by atoms with Crippen molar-refractivity contribution in [2.24, 2.45) is 0 Å². The fourth-order valence-corrected chi connectivity index (χ4v) is 3.64. The third-order valence-electron chi connectivity index (χ3n) is 2.77. The number of benzene rings is 1. The molecular formula is C16H18Br2N2S. The summed E-state index contributed by atoms with van der Waals surface area (Å²) in [6.07, 6.45) is 1.82. The van der Waals surface area contributed by atoms with E-state index in [0.29, 0.717) is 0 Å². The molecule has 0 unspecified atom stereocenters. The third-order valence-corrected chi connectivity index (χ3v) is 5.28. The van der Waals surface area contributed by atoms with Crippen molar-refractivity contribution in [2.75, 3.05) is 0 Å². The van der Waals surface area contributed by atoms with Crippen LogP contribution in [0.3, 0.4) is 0 Å². The fraction of sp³-hybridized carbons (Fsp3) is 0.312. The first kappa shape index (κ1) is 17.0. The largest absolute Gasteiger partial charge is 0.308 e. The van der Waals surface area contributed by atoms with Gasteiger partial charge < -0.3 is 5.32 Å². The van der Waals surface area contributed by atoms with E-state index in [4.69, 9.17) is 0 Å². The normalized spacial score (nSPS) is 11.7. The minimum atomic E-state index is 0.0978. The second-order valence-electron chi connectivity index (χ2n) is 5.75. The molecule has 5 heteroatoms. The van der Waals surface area contributed by atoms with E-state index in [9.17, 15) is 0 Å². The SMILES string of the molecule is CC(C)(C)NCc1ccc(Br)cc1Sc1ncccc1Br. The molecule has 2 aromatic rings. The van der Waals surface area contributed by atoms with Crippen molar-refractivity contribution >= 4 is 43.6 Å². The summed E-state index contributed by atoms with van der Waals surface area (Å²) < 4.78 is 2.10. The highest BCUT2D eigenvalue weighted by Gasteiger charge is 2.12. The van der Waals surface area contributed by atoms with Gasteiger partial charge in [-0.2, -0.15) is 0 Å². The summed E-state index contributed by atoms with van der Waals surface area (Å²) in [4.78, 5) is 5.64. The van der Waals surface area contributed by atoms with Crippen LogP contribution in [0.4, 0.5) is 0 Å². The molecule has 0 bridgehead atoms. The van der Waals surface area contributed by atoms with E-state index >= 15 is 0 Å². The number of hydrogen-bond donors (Lipinski definition) is 1. The van der Waals surface area contributed by atoms with Crippen LogP contribution in [0.2, 0.25) is 0 Å². The van der Waals surface area contributed by atoms with Gasteiger partial charge in [-0.15, -0.1) is 0 Å². The molecule has 0 radical (unpaired) electrons. The van der Waals surface area contributed by atoms with E-state index in [-0.39, 0.29) is 5.54 Å². The van der Waals surface area contributed by atoms with E-state index in [1.165, 1.54) is 10.5 Å². The lowest BCUT2D eigenvalue weighted by molar-refractivity contribution is 0.422. The van der Waals surface area contributed by atoms with Crippen LogP contribution in [0.1, 0.15) is 26.3 Å². The molecule has 0 amide bonds. The van der Waals surface area contributed by atoms with Crippen LogP contribution in [0, 0.1) is 0 Å². The Morgan fingerprint density at radius 3 is 2.62 bits per heavy atom. The Balaban J connectivity index is 2.25. The number of nitrogens with one attached hydrogen (secondary N) is 1. The van der Waals surface area contributed by atoms with Gasteiger partial charge in [-0.25, -0.2) is 4.98 Å². The molecule has 0 saturated carbocycles. The maximum Gasteiger partial charge on any atom is 0.115 e. The fourth-order valence-electron chi connectivity index (χ4n) is 1.68. The quantitative estimate of drug-likeness (QED) is 0.679. The Morgan fingerprint density at radius 2 is 1.95 bits per heavy atom. The van der Waals surface area contributed by atoms with Gasteiger partial charge in [0.05, 0.1) is 4.47 Å². The Morgan fingerprint density at radius 1 is 1.19 bits per heavy atom. The smallest absolute Gasteiger partial charge is 0.115 e. The molecule has 21 heavy (non-hydrogen) atoms. The van der Waals surface area contributed by atoms with Crippen LogP contribution in [0.5, 0.6) is 0 Å².